The Hall–Kier alpha value is -4.14. The summed E-state index contributed by atoms with van der Waals surface area (Å²) in [5.74, 6) is -0.712. The number of hydrogen-bond acceptors (Lipinski definition) is 6. The molecule has 0 saturated heterocycles. The average Bonchev–Trinajstić information content (AvgIpc) is 3.09. The number of nitrogens with one attached hydrogen (secondary N) is 2. The van der Waals surface area contributed by atoms with Gasteiger partial charge in [-0.3, -0.25) is 9.59 Å². The smallest absolute Gasteiger partial charge is 0.328 e. The molecule has 1 heterocycles. The van der Waals surface area contributed by atoms with Gasteiger partial charge in [-0.25, -0.2) is 0 Å². The lowest BCUT2D eigenvalue weighted by atomic mass is 10.1. The van der Waals surface area contributed by atoms with Gasteiger partial charge in [-0.2, -0.15) is 14.5 Å². The normalized spacial score (nSPS) is 11.1. The number of anilines is 2. The summed E-state index contributed by atoms with van der Waals surface area (Å²) in [6.45, 7) is 1.76. The van der Waals surface area contributed by atoms with Gasteiger partial charge in [-0.1, -0.05) is 11.6 Å². The van der Waals surface area contributed by atoms with E-state index in [0.29, 0.717) is 27.6 Å². The van der Waals surface area contributed by atoms with Gasteiger partial charge in [0.2, 0.25) is 11.7 Å². The second-order valence-electron chi connectivity index (χ2n) is 8.19. The van der Waals surface area contributed by atoms with Crippen molar-refractivity contribution < 1.29 is 24.4 Å². The predicted molar refractivity (Wildman–Crippen MR) is 142 cm³/mol. The number of aliphatic hydroxyl groups is 1. The van der Waals surface area contributed by atoms with Crippen molar-refractivity contribution in [1.82, 2.24) is 9.78 Å². The summed E-state index contributed by atoms with van der Waals surface area (Å²) in [5, 5.41) is 34.7. The molecule has 0 fully saturated rings. The van der Waals surface area contributed by atoms with Crippen LogP contribution in [0.1, 0.15) is 24.2 Å². The highest BCUT2D eigenvalue weighted by Crippen LogP contribution is 2.29. The number of aliphatic hydroxyl groups excluding tert-OH is 1. The van der Waals surface area contributed by atoms with Crippen molar-refractivity contribution in [2.75, 3.05) is 23.3 Å². The summed E-state index contributed by atoms with van der Waals surface area (Å²) in [4.78, 5) is 25.5. The molecule has 192 valence electrons. The number of nitriles is 1. The third-order valence-corrected chi connectivity index (χ3v) is 6.13. The van der Waals surface area contributed by atoms with Gasteiger partial charge in [-0.15, -0.1) is 5.10 Å². The van der Waals surface area contributed by atoms with Crippen LogP contribution in [0.15, 0.2) is 48.5 Å². The fourth-order valence-corrected chi connectivity index (χ4v) is 4.33. The number of amides is 1. The number of carbonyl (C=O) groups excluding carboxylic acids is 1. The van der Waals surface area contributed by atoms with E-state index in [0.717, 1.165) is 17.6 Å². The minimum atomic E-state index is -1.09. The first kappa shape index (κ1) is 27.4. The van der Waals surface area contributed by atoms with Gasteiger partial charge >= 0.3 is 10.7 Å². The number of carbonyl (C=O) groups is 2. The van der Waals surface area contributed by atoms with Crippen molar-refractivity contribution >= 4 is 52.8 Å². The summed E-state index contributed by atoms with van der Waals surface area (Å²) in [6, 6.07) is 13.6. The molecule has 3 rings (SSSR count). The van der Waals surface area contributed by atoms with Crippen molar-refractivity contribution in [3.05, 3.63) is 69.7 Å². The molecule has 0 spiro atoms. The van der Waals surface area contributed by atoms with E-state index in [1.54, 1.807) is 18.2 Å². The molecule has 37 heavy (non-hydrogen) atoms. The molecule has 1 aromatic heterocycles. The molecule has 0 unspecified atom stereocenters. The molecular formula is C25H26ClN6O4S+. The average molecular weight is 542 g/mol. The first-order chi connectivity index (χ1) is 17.6. The largest absolute Gasteiger partial charge is 0.506 e. The monoisotopic (exact) mass is 541 g/mol. The molecule has 0 saturated carbocycles. The van der Waals surface area contributed by atoms with Gasteiger partial charge in [0, 0.05) is 41.9 Å². The lowest BCUT2D eigenvalue weighted by molar-refractivity contribution is -0.610. The van der Waals surface area contributed by atoms with Crippen LogP contribution >= 0.6 is 23.8 Å². The SMILES string of the molecule is Cc1n(C)[nH]c(=S)[n+]1-c1ccc(NC(=O)CCCN(CC(=O)O)c2cc(Cl)ccc2/C(O)=C/C#N)cc1. The van der Waals surface area contributed by atoms with Crippen LogP contribution in [0.4, 0.5) is 11.4 Å². The highest BCUT2D eigenvalue weighted by atomic mass is 35.5. The number of nitrogens with zero attached hydrogens (tertiary/aromatic N) is 4. The van der Waals surface area contributed by atoms with E-state index in [9.17, 15) is 19.8 Å². The number of aryl methyl sites for hydroxylation is 1. The Balaban J connectivity index is 1.67. The van der Waals surface area contributed by atoms with Crippen LogP contribution in [-0.2, 0) is 16.6 Å². The minimum absolute atomic E-state index is 0.131. The molecular weight excluding hydrogens is 516 g/mol. The topological polar surface area (TPSA) is 138 Å². The third-order valence-electron chi connectivity index (χ3n) is 5.62. The molecule has 0 atom stereocenters. The van der Waals surface area contributed by atoms with Crippen LogP contribution in [0.2, 0.25) is 5.02 Å². The van der Waals surface area contributed by atoms with E-state index in [4.69, 9.17) is 29.1 Å². The van der Waals surface area contributed by atoms with Crippen molar-refractivity contribution in [3.8, 4) is 11.8 Å². The van der Waals surface area contributed by atoms with Gasteiger partial charge in [0.05, 0.1) is 19.2 Å². The Labute approximate surface area is 223 Å². The first-order valence-electron chi connectivity index (χ1n) is 11.2. The van der Waals surface area contributed by atoms with Crippen molar-refractivity contribution in [2.24, 2.45) is 7.05 Å². The van der Waals surface area contributed by atoms with E-state index >= 15 is 0 Å². The maximum atomic E-state index is 12.6. The Morgan fingerprint density at radius 1 is 1.27 bits per heavy atom. The number of carboxylic acids is 1. The number of hydrogen-bond donors (Lipinski definition) is 4. The highest BCUT2D eigenvalue weighted by molar-refractivity contribution is 7.71. The summed E-state index contributed by atoms with van der Waals surface area (Å²) >= 11 is 11.5. The van der Waals surface area contributed by atoms with Crippen LogP contribution in [0, 0.1) is 23.0 Å². The molecule has 1 amide bonds. The summed E-state index contributed by atoms with van der Waals surface area (Å²) < 4.78 is 4.26. The molecule has 0 radical (unpaired) electrons. The summed E-state index contributed by atoms with van der Waals surface area (Å²) in [6.07, 6.45) is 1.42. The van der Waals surface area contributed by atoms with Crippen molar-refractivity contribution in [3.63, 3.8) is 0 Å². The summed E-state index contributed by atoms with van der Waals surface area (Å²) in [7, 11) is 1.87. The Morgan fingerprint density at radius 3 is 2.57 bits per heavy atom. The zero-order valence-electron chi connectivity index (χ0n) is 20.2. The maximum absolute atomic E-state index is 12.6. The van der Waals surface area contributed by atoms with E-state index in [2.05, 4.69) is 10.4 Å². The number of halogens is 1. The molecule has 0 aliphatic heterocycles. The number of aromatic nitrogens is 3. The number of allylic oxidation sites excluding steroid dienone is 1. The van der Waals surface area contributed by atoms with Gasteiger partial charge in [0.15, 0.2) is 0 Å². The number of rotatable bonds is 10. The molecule has 0 aliphatic rings. The second kappa shape index (κ2) is 12.2. The molecule has 0 aliphatic carbocycles. The van der Waals surface area contributed by atoms with Crippen LogP contribution in [0.3, 0.4) is 0 Å². The molecule has 10 nitrogen and oxygen atoms in total. The van der Waals surface area contributed by atoms with Crippen molar-refractivity contribution in [1.29, 1.82) is 5.26 Å². The van der Waals surface area contributed by atoms with Gasteiger partial charge in [0.1, 0.15) is 18.0 Å². The van der Waals surface area contributed by atoms with Crippen molar-refractivity contribution in [2.45, 2.75) is 19.8 Å². The number of H-pyrrole nitrogens is 1. The van der Waals surface area contributed by atoms with E-state index in [-0.39, 0.29) is 36.7 Å². The highest BCUT2D eigenvalue weighted by Gasteiger charge is 2.18. The number of aromatic amines is 1. The number of carboxylic acid groups (broad SMARTS) is 1. The fourth-order valence-electron chi connectivity index (χ4n) is 3.79. The van der Waals surface area contributed by atoms with E-state index < -0.39 is 5.97 Å². The van der Waals surface area contributed by atoms with Crippen LogP contribution in [0.5, 0.6) is 0 Å². The zero-order valence-corrected chi connectivity index (χ0v) is 21.8. The quantitative estimate of drug-likeness (QED) is 0.131. The molecule has 4 N–H and O–H groups in total. The first-order valence-corrected chi connectivity index (χ1v) is 12.0. The van der Waals surface area contributed by atoms with Gasteiger partial charge in [0.25, 0.3) is 0 Å². The van der Waals surface area contributed by atoms with Crippen LogP contribution in [-0.4, -0.2) is 45.0 Å². The maximum Gasteiger partial charge on any atom is 0.328 e. The number of benzene rings is 2. The predicted octanol–water partition coefficient (Wildman–Crippen LogP) is 4.05. The van der Waals surface area contributed by atoms with Gasteiger partial charge < -0.3 is 20.4 Å². The zero-order chi connectivity index (χ0) is 27.1. The number of aliphatic carboxylic acids is 1. The van der Waals surface area contributed by atoms with Gasteiger partial charge in [-0.05, 0) is 61.1 Å². The Morgan fingerprint density at radius 2 is 1.97 bits per heavy atom. The summed E-state index contributed by atoms with van der Waals surface area (Å²) in [5.41, 5.74) is 2.08. The second-order valence-corrected chi connectivity index (χ2v) is 9.02. The fraction of sp³-hybridized carbons (Fsp3) is 0.240. The molecule has 12 heteroatoms. The lowest BCUT2D eigenvalue weighted by Crippen LogP contribution is -2.34. The minimum Gasteiger partial charge on any atom is -0.506 e. The molecule has 3 aromatic rings. The van der Waals surface area contributed by atoms with Crippen LogP contribution < -0.4 is 14.8 Å². The lowest BCUT2D eigenvalue weighted by Gasteiger charge is -2.25. The van der Waals surface area contributed by atoms with E-state index in [1.807, 2.05) is 35.4 Å². The molecule has 2 aromatic carbocycles. The Bertz CT molecular complexity index is 1440. The standard InChI is InChI=1S/C25H25ClN6O4S/c1-16-30(2)29-25(37)32(16)19-8-6-18(7-9-19)28-23(34)4-3-13-31(15-24(35)36)21-14-17(26)5-10-20(21)22(33)11-12-27/h5-11,14H,3-4,13,15H2,1-2H3,(H3-,28,29,33,34,35,36,37)/p+1/b22-11-. The molecule has 0 bridgehead atoms. The van der Waals surface area contributed by atoms with E-state index in [1.165, 1.54) is 23.1 Å². The van der Waals surface area contributed by atoms with Crippen LogP contribution in [0.25, 0.3) is 11.4 Å². The third kappa shape index (κ3) is 6.97. The Kier molecular flexibility index (Phi) is 9.05.